The predicted molar refractivity (Wildman–Crippen MR) is 164 cm³/mol. The first kappa shape index (κ1) is 29.2. The van der Waals surface area contributed by atoms with E-state index < -0.39 is 0 Å². The second-order valence-electron chi connectivity index (χ2n) is 13.3. The summed E-state index contributed by atoms with van der Waals surface area (Å²) in [6, 6.07) is 23.4. The van der Waals surface area contributed by atoms with Gasteiger partial charge in [-0.15, -0.1) is 0 Å². The minimum Gasteiger partial charge on any atom is -1.00 e. The van der Waals surface area contributed by atoms with Gasteiger partial charge in [-0.25, -0.2) is 4.58 Å². The van der Waals surface area contributed by atoms with Crippen LogP contribution in [0, 0.1) is 0 Å². The number of halogens is 1. The monoisotopic (exact) mass is 543 g/mol. The molecule has 5 rings (SSSR count). The van der Waals surface area contributed by atoms with Crippen molar-refractivity contribution >= 4 is 16.9 Å². The Labute approximate surface area is 242 Å². The minimum absolute atomic E-state index is 0. The van der Waals surface area contributed by atoms with E-state index in [2.05, 4.69) is 145 Å². The lowest BCUT2D eigenvalue weighted by atomic mass is 9.79. The number of benzene rings is 3. The summed E-state index contributed by atoms with van der Waals surface area (Å²) in [5, 5.41) is 2.67. The van der Waals surface area contributed by atoms with Crippen molar-refractivity contribution in [1.82, 2.24) is 4.58 Å². The summed E-state index contributed by atoms with van der Waals surface area (Å²) in [7, 11) is 8.70. The van der Waals surface area contributed by atoms with Crippen LogP contribution in [0.2, 0.25) is 0 Å². The maximum absolute atomic E-state index is 2.47. The van der Waals surface area contributed by atoms with E-state index in [0.29, 0.717) is 11.8 Å². The van der Waals surface area contributed by atoms with Gasteiger partial charge in [0.05, 0.1) is 0 Å². The fourth-order valence-electron chi connectivity index (χ4n) is 6.89. The summed E-state index contributed by atoms with van der Waals surface area (Å²) in [4.78, 5) is 4.63. The van der Waals surface area contributed by atoms with E-state index in [-0.39, 0.29) is 23.5 Å². The van der Waals surface area contributed by atoms with Crippen LogP contribution < -0.4 is 37.4 Å². The van der Waals surface area contributed by atoms with Crippen LogP contribution in [-0.2, 0) is 0 Å². The molecule has 4 heteroatoms. The predicted octanol–water partition coefficient (Wildman–Crippen LogP) is 3.13. The Hall–Kier alpha value is -2.78. The van der Waals surface area contributed by atoms with Gasteiger partial charge < -0.3 is 22.2 Å². The molecule has 0 N–H and O–H groups in total. The molecule has 0 fully saturated rings. The summed E-state index contributed by atoms with van der Waals surface area (Å²) in [5.41, 5.74) is 9.72. The maximum atomic E-state index is 2.47. The molecule has 0 saturated heterocycles. The number of hydrogen-bond acceptors (Lipinski definition) is 2. The van der Waals surface area contributed by atoms with Gasteiger partial charge in [0, 0.05) is 56.1 Å². The second kappa shape index (κ2) is 10.3. The Morgan fingerprint density at radius 2 is 1.44 bits per heavy atom. The normalized spacial score (nSPS) is 21.9. The van der Waals surface area contributed by atoms with E-state index in [9.17, 15) is 0 Å². The molecule has 2 heterocycles. The standard InChI is InChI=1S/C35H46N3.ClH/c1-23-21-34(3,4)37(9)31-17-13-26(19-29(23)31)33(25-11-15-28(16-12-25)36(7)8)27-14-18-32-30(20-27)24(2)22-35(5,6)38(32)10;/h11-20,23-24H,21-22H2,1-10H3;1H/q+1;/p-1. The first-order chi connectivity index (χ1) is 17.8. The second-order valence-corrected chi connectivity index (χ2v) is 13.3. The fourth-order valence-corrected chi connectivity index (χ4v) is 6.89. The molecule has 2 aliphatic heterocycles. The van der Waals surface area contributed by atoms with Gasteiger partial charge in [-0.1, -0.05) is 32.0 Å². The van der Waals surface area contributed by atoms with E-state index >= 15 is 0 Å². The van der Waals surface area contributed by atoms with Gasteiger partial charge >= 0.3 is 0 Å². The van der Waals surface area contributed by atoms with E-state index in [1.54, 1.807) is 0 Å². The first-order valence-corrected chi connectivity index (χ1v) is 14.2. The lowest BCUT2D eigenvalue weighted by molar-refractivity contribution is -0.00000896. The van der Waals surface area contributed by atoms with Gasteiger partial charge in [-0.2, -0.15) is 0 Å². The topological polar surface area (TPSA) is 9.49 Å². The van der Waals surface area contributed by atoms with Crippen LogP contribution in [-0.4, -0.2) is 39.3 Å². The van der Waals surface area contributed by atoms with Crippen molar-refractivity contribution in [3.8, 4) is 0 Å². The van der Waals surface area contributed by atoms with Crippen molar-refractivity contribution in [2.75, 3.05) is 38.0 Å². The number of fused-ring (bicyclic) bond motifs is 2. The Balaban J connectivity index is 0.00000353. The molecule has 3 nitrogen and oxygen atoms in total. The molecule has 3 aromatic carbocycles. The van der Waals surface area contributed by atoms with E-state index in [1.165, 1.54) is 49.8 Å². The van der Waals surface area contributed by atoms with Gasteiger partial charge in [0.2, 0.25) is 5.36 Å². The molecule has 2 atom stereocenters. The maximum Gasteiger partial charge on any atom is 0.203 e. The highest BCUT2D eigenvalue weighted by molar-refractivity contribution is 5.82. The highest BCUT2D eigenvalue weighted by Crippen LogP contribution is 2.43. The van der Waals surface area contributed by atoms with Gasteiger partial charge in [-0.3, -0.25) is 0 Å². The largest absolute Gasteiger partial charge is 1.00 e. The highest BCUT2D eigenvalue weighted by Gasteiger charge is 2.36. The molecule has 0 amide bonds. The summed E-state index contributed by atoms with van der Waals surface area (Å²) in [6.45, 7) is 14.2. The number of hydrogen-bond donors (Lipinski definition) is 0. The van der Waals surface area contributed by atoms with Crippen LogP contribution in [0.5, 0.6) is 0 Å². The van der Waals surface area contributed by atoms with Gasteiger partial charge in [-0.05, 0) is 110 Å². The molecule has 2 unspecified atom stereocenters. The zero-order valence-corrected chi connectivity index (χ0v) is 26.3. The molecule has 208 valence electrons. The van der Waals surface area contributed by atoms with Crippen molar-refractivity contribution in [2.24, 2.45) is 0 Å². The Morgan fingerprint density at radius 1 is 0.821 bits per heavy atom. The molecule has 3 aromatic rings. The third-order valence-electron chi connectivity index (χ3n) is 9.52. The Kier molecular flexibility index (Phi) is 7.73. The number of rotatable bonds is 3. The fraction of sp³-hybridized carbons (Fsp3) is 0.457. The van der Waals surface area contributed by atoms with Crippen LogP contribution in [0.25, 0.3) is 5.57 Å². The van der Waals surface area contributed by atoms with Crippen LogP contribution in [0.3, 0.4) is 0 Å². The third kappa shape index (κ3) is 5.11. The summed E-state index contributed by atoms with van der Waals surface area (Å²) >= 11 is 0. The van der Waals surface area contributed by atoms with Crippen molar-refractivity contribution < 1.29 is 12.4 Å². The van der Waals surface area contributed by atoms with E-state index in [1.807, 2.05) is 0 Å². The minimum atomic E-state index is 0. The summed E-state index contributed by atoms with van der Waals surface area (Å²) in [6.07, 6.45) is 2.32. The molecule has 0 spiro atoms. The van der Waals surface area contributed by atoms with E-state index in [4.69, 9.17) is 0 Å². The zero-order chi connectivity index (χ0) is 27.6. The molecule has 0 bridgehead atoms. The third-order valence-corrected chi connectivity index (χ3v) is 9.52. The molecule has 39 heavy (non-hydrogen) atoms. The lowest BCUT2D eigenvalue weighted by Gasteiger charge is -2.45. The van der Waals surface area contributed by atoms with Crippen LogP contribution in [0.4, 0.5) is 11.4 Å². The molecule has 0 radical (unpaired) electrons. The molecule has 0 aliphatic carbocycles. The quantitative estimate of drug-likeness (QED) is 0.470. The Morgan fingerprint density at radius 3 is 2.08 bits per heavy atom. The van der Waals surface area contributed by atoms with Crippen molar-refractivity contribution in [1.29, 1.82) is 0 Å². The van der Waals surface area contributed by atoms with Crippen LogP contribution in [0.15, 0.2) is 60.7 Å². The van der Waals surface area contributed by atoms with Crippen molar-refractivity contribution in [2.45, 2.75) is 77.3 Å². The van der Waals surface area contributed by atoms with Crippen molar-refractivity contribution in [3.05, 3.63) is 93.5 Å². The molecular formula is C35H46ClN3. The van der Waals surface area contributed by atoms with E-state index in [0.717, 1.165) is 12.8 Å². The summed E-state index contributed by atoms with van der Waals surface area (Å²) in [5.74, 6) is 1.04. The molecular weight excluding hydrogens is 498 g/mol. The van der Waals surface area contributed by atoms with Crippen LogP contribution >= 0.6 is 0 Å². The van der Waals surface area contributed by atoms with Gasteiger partial charge in [0.25, 0.3) is 0 Å². The molecule has 0 aromatic heterocycles. The molecule has 2 aliphatic rings. The van der Waals surface area contributed by atoms with Crippen LogP contribution in [0.1, 0.15) is 88.5 Å². The highest BCUT2D eigenvalue weighted by atomic mass is 35.5. The summed E-state index contributed by atoms with van der Waals surface area (Å²) < 4.78 is 2.47. The van der Waals surface area contributed by atoms with Crippen molar-refractivity contribution in [3.63, 3.8) is 0 Å². The zero-order valence-electron chi connectivity index (χ0n) is 25.6. The Bertz CT molecular complexity index is 1500. The number of nitrogens with zero attached hydrogens (tertiary/aromatic N) is 3. The van der Waals surface area contributed by atoms with Gasteiger partial charge in [0.15, 0.2) is 5.54 Å². The smallest absolute Gasteiger partial charge is 0.203 e. The average Bonchev–Trinajstić information content (AvgIpc) is 2.86. The average molecular weight is 544 g/mol. The lowest BCUT2D eigenvalue weighted by Crippen LogP contribution is -3.00. The molecule has 0 saturated carbocycles. The first-order valence-electron chi connectivity index (χ1n) is 14.2. The van der Waals surface area contributed by atoms with Gasteiger partial charge in [0.1, 0.15) is 7.05 Å². The number of anilines is 2. The SMILES string of the molecule is CC1CC(C)(C)N(C)c2ccc(C(c3ccc(N(C)C)cc3)=c3ccc4c(c3)C(C)CC(C)(C)[N+]=4C)cc21.[Cl-].